The van der Waals surface area contributed by atoms with Crippen LogP contribution < -0.4 is 10.9 Å². The molecule has 1 aromatic heterocycles. The lowest BCUT2D eigenvalue weighted by molar-refractivity contribution is 0.132. The molecule has 0 spiro atoms. The second-order valence-corrected chi connectivity index (χ2v) is 7.27. The van der Waals surface area contributed by atoms with Gasteiger partial charge >= 0.3 is 0 Å². The predicted octanol–water partition coefficient (Wildman–Crippen LogP) is 3.20. The van der Waals surface area contributed by atoms with Crippen LogP contribution in [0.15, 0.2) is 23.0 Å². The molecule has 1 aliphatic heterocycles. The summed E-state index contributed by atoms with van der Waals surface area (Å²) in [6.07, 6.45) is 2.06. The van der Waals surface area contributed by atoms with E-state index in [0.29, 0.717) is 23.0 Å². The maximum Gasteiger partial charge on any atom is 0.261 e. The number of halogens is 1. The number of benzene rings is 1. The monoisotopic (exact) mass is 362 g/mol. The molecular weight excluding hydrogens is 336 g/mol. The van der Waals surface area contributed by atoms with E-state index < -0.39 is 0 Å². The number of piperazine rings is 1. The highest BCUT2D eigenvalue weighted by Crippen LogP contribution is 2.26. The van der Waals surface area contributed by atoms with Crippen LogP contribution in [0, 0.1) is 0 Å². The zero-order chi connectivity index (χ0) is 18.0. The summed E-state index contributed by atoms with van der Waals surface area (Å²) >= 11 is 6.08. The van der Waals surface area contributed by atoms with Crippen molar-refractivity contribution in [3.63, 3.8) is 0 Å². The molecule has 0 bridgehead atoms. The van der Waals surface area contributed by atoms with Crippen LogP contribution >= 0.6 is 11.6 Å². The van der Waals surface area contributed by atoms with Crippen LogP contribution in [0.1, 0.15) is 45.5 Å². The Morgan fingerprint density at radius 2 is 2.20 bits per heavy atom. The standard InChI is InChI=1S/C19H27ClN4O/c1-4-6-17(23-10-9-21-13(3)12-23)18-22-16-8-7-14(20)11-15(16)19(25)24(18)5-2/h7-8,11,13,17,21H,4-6,9-10,12H2,1-3H3/t13-,17?/m0/s1. The molecule has 25 heavy (non-hydrogen) atoms. The molecule has 1 N–H and O–H groups in total. The van der Waals surface area contributed by atoms with Crippen molar-refractivity contribution < 1.29 is 0 Å². The van der Waals surface area contributed by atoms with Crippen LogP contribution in [-0.2, 0) is 6.54 Å². The quantitative estimate of drug-likeness (QED) is 0.887. The zero-order valence-electron chi connectivity index (χ0n) is 15.3. The van der Waals surface area contributed by atoms with Gasteiger partial charge in [0.15, 0.2) is 0 Å². The summed E-state index contributed by atoms with van der Waals surface area (Å²) in [4.78, 5) is 20.4. The number of hydrogen-bond donors (Lipinski definition) is 1. The number of aromatic nitrogens is 2. The fraction of sp³-hybridized carbons (Fsp3) is 0.579. The molecule has 0 aliphatic carbocycles. The van der Waals surface area contributed by atoms with Gasteiger partial charge < -0.3 is 5.32 Å². The van der Waals surface area contributed by atoms with Gasteiger partial charge in [-0.05, 0) is 38.5 Å². The maximum absolute atomic E-state index is 13.0. The Balaban J connectivity index is 2.13. The fourth-order valence-corrected chi connectivity index (χ4v) is 3.94. The SMILES string of the molecule is CCCC(c1nc2ccc(Cl)cc2c(=O)n1CC)N1CCN[C@@H](C)C1. The molecular formula is C19H27ClN4O. The lowest BCUT2D eigenvalue weighted by Gasteiger charge is -2.38. The van der Waals surface area contributed by atoms with Crippen LogP contribution in [-0.4, -0.2) is 40.1 Å². The van der Waals surface area contributed by atoms with Gasteiger partial charge in [0.05, 0.1) is 16.9 Å². The molecule has 1 unspecified atom stereocenters. The first-order valence-electron chi connectivity index (χ1n) is 9.22. The van der Waals surface area contributed by atoms with Crippen LogP contribution in [0.5, 0.6) is 0 Å². The first kappa shape index (κ1) is 18.4. The summed E-state index contributed by atoms with van der Waals surface area (Å²) < 4.78 is 1.83. The Morgan fingerprint density at radius 3 is 2.88 bits per heavy atom. The van der Waals surface area contributed by atoms with Gasteiger partial charge in [-0.25, -0.2) is 4.98 Å². The average molecular weight is 363 g/mol. The van der Waals surface area contributed by atoms with Crippen molar-refractivity contribution in [3.05, 3.63) is 39.4 Å². The Morgan fingerprint density at radius 1 is 1.40 bits per heavy atom. The summed E-state index contributed by atoms with van der Waals surface area (Å²) in [5, 5.41) is 4.66. The van der Waals surface area contributed by atoms with E-state index in [1.54, 1.807) is 12.1 Å². The van der Waals surface area contributed by atoms with E-state index in [2.05, 4.69) is 24.1 Å². The summed E-state index contributed by atoms with van der Waals surface area (Å²) in [6.45, 7) is 9.95. The molecule has 3 rings (SSSR count). The smallest absolute Gasteiger partial charge is 0.261 e. The minimum absolute atomic E-state index is 0.00860. The van der Waals surface area contributed by atoms with Gasteiger partial charge in [0.1, 0.15) is 5.82 Å². The van der Waals surface area contributed by atoms with Crippen molar-refractivity contribution in [1.82, 2.24) is 19.8 Å². The topological polar surface area (TPSA) is 50.2 Å². The molecule has 2 atom stereocenters. The second kappa shape index (κ2) is 7.85. The number of nitrogens with one attached hydrogen (secondary N) is 1. The van der Waals surface area contributed by atoms with Gasteiger partial charge in [-0.15, -0.1) is 0 Å². The molecule has 0 saturated carbocycles. The van der Waals surface area contributed by atoms with E-state index in [-0.39, 0.29) is 11.6 Å². The van der Waals surface area contributed by atoms with Gasteiger partial charge in [-0.3, -0.25) is 14.3 Å². The summed E-state index contributed by atoms with van der Waals surface area (Å²) in [6, 6.07) is 6.00. The Bertz CT molecular complexity index is 804. The van der Waals surface area contributed by atoms with E-state index in [9.17, 15) is 4.79 Å². The minimum atomic E-state index is 0.00860. The van der Waals surface area contributed by atoms with Crippen molar-refractivity contribution in [2.75, 3.05) is 19.6 Å². The number of hydrogen-bond acceptors (Lipinski definition) is 4. The van der Waals surface area contributed by atoms with Gasteiger partial charge in [0.2, 0.25) is 0 Å². The normalized spacial score (nSPS) is 20.1. The third-order valence-electron chi connectivity index (χ3n) is 4.96. The van der Waals surface area contributed by atoms with Crippen molar-refractivity contribution in [2.45, 2.75) is 52.2 Å². The molecule has 2 aromatic rings. The molecule has 0 amide bonds. The van der Waals surface area contributed by atoms with Crippen molar-refractivity contribution in [3.8, 4) is 0 Å². The summed E-state index contributed by atoms with van der Waals surface area (Å²) in [7, 11) is 0. The van der Waals surface area contributed by atoms with E-state index in [0.717, 1.165) is 43.8 Å². The molecule has 1 aliphatic rings. The number of fused-ring (bicyclic) bond motifs is 1. The largest absolute Gasteiger partial charge is 0.312 e. The number of nitrogens with zero attached hydrogens (tertiary/aromatic N) is 3. The maximum atomic E-state index is 13.0. The highest BCUT2D eigenvalue weighted by molar-refractivity contribution is 6.31. The Labute approximate surface area is 154 Å². The summed E-state index contributed by atoms with van der Waals surface area (Å²) in [5.41, 5.74) is 0.743. The lowest BCUT2D eigenvalue weighted by Crippen LogP contribution is -2.51. The van der Waals surface area contributed by atoms with Gasteiger partial charge in [-0.2, -0.15) is 0 Å². The number of rotatable bonds is 5. The Hall–Kier alpha value is -1.43. The Kier molecular flexibility index (Phi) is 5.77. The van der Waals surface area contributed by atoms with E-state index in [1.165, 1.54) is 0 Å². The molecule has 2 heterocycles. The van der Waals surface area contributed by atoms with Gasteiger partial charge in [0, 0.05) is 37.2 Å². The van der Waals surface area contributed by atoms with Gasteiger partial charge in [-0.1, -0.05) is 24.9 Å². The minimum Gasteiger partial charge on any atom is -0.312 e. The van der Waals surface area contributed by atoms with Crippen molar-refractivity contribution in [2.24, 2.45) is 0 Å². The van der Waals surface area contributed by atoms with Crippen LogP contribution in [0.3, 0.4) is 0 Å². The highest BCUT2D eigenvalue weighted by atomic mass is 35.5. The van der Waals surface area contributed by atoms with E-state index in [1.807, 2.05) is 17.6 Å². The fourth-order valence-electron chi connectivity index (χ4n) is 3.76. The van der Waals surface area contributed by atoms with Crippen molar-refractivity contribution in [1.29, 1.82) is 0 Å². The third-order valence-corrected chi connectivity index (χ3v) is 5.20. The van der Waals surface area contributed by atoms with Crippen LogP contribution in [0.4, 0.5) is 0 Å². The molecule has 1 saturated heterocycles. The molecule has 6 heteroatoms. The van der Waals surface area contributed by atoms with Gasteiger partial charge in [0.25, 0.3) is 5.56 Å². The van der Waals surface area contributed by atoms with E-state index >= 15 is 0 Å². The molecule has 5 nitrogen and oxygen atoms in total. The highest BCUT2D eigenvalue weighted by Gasteiger charge is 2.28. The van der Waals surface area contributed by atoms with E-state index in [4.69, 9.17) is 16.6 Å². The first-order chi connectivity index (χ1) is 12.0. The first-order valence-corrected chi connectivity index (χ1v) is 9.60. The van der Waals surface area contributed by atoms with Crippen LogP contribution in [0.2, 0.25) is 5.02 Å². The zero-order valence-corrected chi connectivity index (χ0v) is 16.0. The van der Waals surface area contributed by atoms with Crippen LogP contribution in [0.25, 0.3) is 10.9 Å². The second-order valence-electron chi connectivity index (χ2n) is 6.84. The third kappa shape index (κ3) is 3.73. The molecule has 136 valence electrons. The van der Waals surface area contributed by atoms with Crippen molar-refractivity contribution >= 4 is 22.5 Å². The average Bonchev–Trinajstić information content (AvgIpc) is 2.60. The predicted molar refractivity (Wildman–Crippen MR) is 103 cm³/mol. The lowest BCUT2D eigenvalue weighted by atomic mass is 10.1. The molecule has 0 radical (unpaired) electrons. The summed E-state index contributed by atoms with van der Waals surface area (Å²) in [5.74, 6) is 0.887. The molecule has 1 aromatic carbocycles. The molecule has 1 fully saturated rings.